The third-order valence-corrected chi connectivity index (χ3v) is 2.69. The zero-order valence-electron chi connectivity index (χ0n) is 11.9. The molecule has 1 aromatic heterocycles. The fourth-order valence-corrected chi connectivity index (χ4v) is 1.69. The molecule has 106 valence electrons. The Balaban J connectivity index is 2.60. The van der Waals surface area contributed by atoms with Crippen LogP contribution in [0.4, 0.5) is 5.69 Å². The molecule has 2 N–H and O–H groups in total. The molecule has 1 rings (SSSR count). The van der Waals surface area contributed by atoms with E-state index in [-0.39, 0.29) is 11.8 Å². The van der Waals surface area contributed by atoms with Crippen molar-refractivity contribution in [3.05, 3.63) is 24.0 Å². The number of aromatic nitrogens is 1. The molecule has 0 aromatic carbocycles. The second kappa shape index (κ2) is 8.48. The standard InChI is InChI=1S/C14H23N3O2/c1-4-6-16-13-5-7-15-9-12(13)14(18)17-8-11(2)10-19-3/h5,7,9,11H,4,6,8,10H2,1-3H3,(H,15,16)(H,17,18). The predicted octanol–water partition coefficient (Wildman–Crippen LogP) is 1.92. The summed E-state index contributed by atoms with van der Waals surface area (Å²) in [4.78, 5) is 16.1. The molecule has 19 heavy (non-hydrogen) atoms. The summed E-state index contributed by atoms with van der Waals surface area (Å²) in [6.45, 7) is 6.18. The Kier molecular flexibility index (Phi) is 6.89. The van der Waals surface area contributed by atoms with Crippen molar-refractivity contribution in [2.24, 2.45) is 5.92 Å². The number of hydrogen-bond donors (Lipinski definition) is 2. The Bertz CT molecular complexity index is 396. The first kappa shape index (κ1) is 15.4. The van der Waals surface area contributed by atoms with Crippen LogP contribution in [0.25, 0.3) is 0 Å². The van der Waals surface area contributed by atoms with Gasteiger partial charge in [-0.2, -0.15) is 0 Å². The van der Waals surface area contributed by atoms with Crippen molar-refractivity contribution >= 4 is 11.6 Å². The van der Waals surface area contributed by atoms with E-state index in [1.54, 1.807) is 19.5 Å². The van der Waals surface area contributed by atoms with Gasteiger partial charge in [-0.25, -0.2) is 0 Å². The summed E-state index contributed by atoms with van der Waals surface area (Å²) in [7, 11) is 1.66. The monoisotopic (exact) mass is 265 g/mol. The van der Waals surface area contributed by atoms with Gasteiger partial charge < -0.3 is 15.4 Å². The van der Waals surface area contributed by atoms with E-state index in [9.17, 15) is 4.79 Å². The van der Waals surface area contributed by atoms with Gasteiger partial charge in [-0.05, 0) is 18.4 Å². The first-order chi connectivity index (χ1) is 9.19. The Labute approximate surface area is 114 Å². The highest BCUT2D eigenvalue weighted by Crippen LogP contribution is 2.13. The van der Waals surface area contributed by atoms with E-state index >= 15 is 0 Å². The molecule has 0 radical (unpaired) electrons. The molecule has 1 aromatic rings. The summed E-state index contributed by atoms with van der Waals surface area (Å²) in [5.74, 6) is 0.187. The molecule has 1 unspecified atom stereocenters. The average molecular weight is 265 g/mol. The zero-order chi connectivity index (χ0) is 14.1. The lowest BCUT2D eigenvalue weighted by Gasteiger charge is -2.14. The highest BCUT2D eigenvalue weighted by Gasteiger charge is 2.12. The van der Waals surface area contributed by atoms with Crippen LogP contribution in [0.5, 0.6) is 0 Å². The van der Waals surface area contributed by atoms with Crippen LogP contribution in [0.3, 0.4) is 0 Å². The maximum atomic E-state index is 12.1. The van der Waals surface area contributed by atoms with E-state index < -0.39 is 0 Å². The van der Waals surface area contributed by atoms with Gasteiger partial charge in [0.2, 0.25) is 0 Å². The Morgan fingerprint density at radius 2 is 2.32 bits per heavy atom. The molecule has 1 amide bonds. The fraction of sp³-hybridized carbons (Fsp3) is 0.571. The molecule has 0 bridgehead atoms. The van der Waals surface area contributed by atoms with Crippen LogP contribution in [0.15, 0.2) is 18.5 Å². The van der Waals surface area contributed by atoms with Crippen molar-refractivity contribution in [3.8, 4) is 0 Å². The summed E-state index contributed by atoms with van der Waals surface area (Å²) >= 11 is 0. The Morgan fingerprint density at radius 3 is 3.00 bits per heavy atom. The van der Waals surface area contributed by atoms with E-state index in [2.05, 4.69) is 22.5 Å². The molecule has 0 aliphatic heterocycles. The number of rotatable bonds is 8. The largest absolute Gasteiger partial charge is 0.384 e. The summed E-state index contributed by atoms with van der Waals surface area (Å²) in [6, 6.07) is 1.82. The van der Waals surface area contributed by atoms with Crippen LogP contribution >= 0.6 is 0 Å². The van der Waals surface area contributed by atoms with E-state index in [0.29, 0.717) is 18.7 Å². The Hall–Kier alpha value is -1.62. The number of nitrogens with one attached hydrogen (secondary N) is 2. The smallest absolute Gasteiger partial charge is 0.254 e. The number of carbonyl (C=O) groups is 1. The number of anilines is 1. The molecule has 0 aliphatic carbocycles. The molecular weight excluding hydrogens is 242 g/mol. The normalized spacial score (nSPS) is 11.9. The number of ether oxygens (including phenoxy) is 1. The molecule has 0 aliphatic rings. The lowest BCUT2D eigenvalue weighted by Crippen LogP contribution is -2.30. The molecule has 0 saturated carbocycles. The van der Waals surface area contributed by atoms with Crippen LogP contribution < -0.4 is 10.6 Å². The number of nitrogens with zero attached hydrogens (tertiary/aromatic N) is 1. The van der Waals surface area contributed by atoms with Gasteiger partial charge in [0.25, 0.3) is 5.91 Å². The minimum absolute atomic E-state index is 0.102. The lowest BCUT2D eigenvalue weighted by molar-refractivity contribution is 0.0934. The predicted molar refractivity (Wildman–Crippen MR) is 76.4 cm³/mol. The van der Waals surface area contributed by atoms with Crippen LogP contribution in [0, 0.1) is 5.92 Å². The molecule has 1 atom stereocenters. The summed E-state index contributed by atoms with van der Waals surface area (Å²) in [5, 5.41) is 6.13. The quantitative estimate of drug-likeness (QED) is 0.753. The number of carbonyl (C=O) groups excluding carboxylic acids is 1. The van der Waals surface area contributed by atoms with Crippen molar-refractivity contribution in [3.63, 3.8) is 0 Å². The van der Waals surface area contributed by atoms with Crippen molar-refractivity contribution < 1.29 is 9.53 Å². The minimum atomic E-state index is -0.102. The van der Waals surface area contributed by atoms with Crippen LogP contribution in [0.2, 0.25) is 0 Å². The topological polar surface area (TPSA) is 63.2 Å². The Morgan fingerprint density at radius 1 is 1.53 bits per heavy atom. The van der Waals surface area contributed by atoms with Gasteiger partial charge in [0, 0.05) is 32.6 Å². The fourth-order valence-electron chi connectivity index (χ4n) is 1.69. The first-order valence-corrected chi connectivity index (χ1v) is 6.64. The molecule has 1 heterocycles. The van der Waals surface area contributed by atoms with Gasteiger partial charge in [-0.3, -0.25) is 9.78 Å². The number of hydrogen-bond acceptors (Lipinski definition) is 4. The highest BCUT2D eigenvalue weighted by atomic mass is 16.5. The van der Waals surface area contributed by atoms with E-state index in [1.165, 1.54) is 0 Å². The number of methoxy groups -OCH3 is 1. The second-order valence-electron chi connectivity index (χ2n) is 4.62. The number of amides is 1. The van der Waals surface area contributed by atoms with E-state index in [4.69, 9.17) is 4.74 Å². The van der Waals surface area contributed by atoms with Crippen molar-refractivity contribution in [1.29, 1.82) is 0 Å². The van der Waals surface area contributed by atoms with Crippen LogP contribution in [-0.4, -0.2) is 37.7 Å². The molecular formula is C14H23N3O2. The van der Waals surface area contributed by atoms with Gasteiger partial charge in [-0.1, -0.05) is 13.8 Å². The lowest BCUT2D eigenvalue weighted by atomic mass is 10.1. The van der Waals surface area contributed by atoms with Crippen molar-refractivity contribution in [2.45, 2.75) is 20.3 Å². The molecule has 5 heteroatoms. The zero-order valence-corrected chi connectivity index (χ0v) is 11.9. The van der Waals surface area contributed by atoms with Gasteiger partial charge in [0.1, 0.15) is 0 Å². The van der Waals surface area contributed by atoms with Gasteiger partial charge in [-0.15, -0.1) is 0 Å². The third kappa shape index (κ3) is 5.26. The third-order valence-electron chi connectivity index (χ3n) is 2.69. The van der Waals surface area contributed by atoms with Crippen molar-refractivity contribution in [1.82, 2.24) is 10.3 Å². The first-order valence-electron chi connectivity index (χ1n) is 6.64. The summed E-state index contributed by atoms with van der Waals surface area (Å²) < 4.78 is 5.04. The average Bonchev–Trinajstić information content (AvgIpc) is 2.43. The van der Waals surface area contributed by atoms with E-state index in [1.807, 2.05) is 13.0 Å². The van der Waals surface area contributed by atoms with Gasteiger partial charge in [0.05, 0.1) is 17.9 Å². The molecule has 0 spiro atoms. The minimum Gasteiger partial charge on any atom is -0.384 e. The molecule has 0 fully saturated rings. The summed E-state index contributed by atoms with van der Waals surface area (Å²) in [6.07, 6.45) is 4.28. The molecule has 5 nitrogen and oxygen atoms in total. The number of pyridine rings is 1. The SMILES string of the molecule is CCCNc1ccncc1C(=O)NCC(C)COC. The van der Waals surface area contributed by atoms with E-state index in [0.717, 1.165) is 18.7 Å². The van der Waals surface area contributed by atoms with Gasteiger partial charge in [0.15, 0.2) is 0 Å². The maximum absolute atomic E-state index is 12.1. The van der Waals surface area contributed by atoms with Gasteiger partial charge >= 0.3 is 0 Å². The highest BCUT2D eigenvalue weighted by molar-refractivity contribution is 5.99. The van der Waals surface area contributed by atoms with Crippen molar-refractivity contribution in [2.75, 3.05) is 32.1 Å². The van der Waals surface area contributed by atoms with Crippen LogP contribution in [-0.2, 0) is 4.74 Å². The molecule has 0 saturated heterocycles. The second-order valence-corrected chi connectivity index (χ2v) is 4.62. The maximum Gasteiger partial charge on any atom is 0.254 e. The van der Waals surface area contributed by atoms with Crippen LogP contribution in [0.1, 0.15) is 30.6 Å². The summed E-state index contributed by atoms with van der Waals surface area (Å²) in [5.41, 5.74) is 1.41.